The molecule has 0 bridgehead atoms. The first kappa shape index (κ1) is 13.8. The Balaban J connectivity index is 1.86. The summed E-state index contributed by atoms with van der Waals surface area (Å²) in [6.45, 7) is 0.792. The number of benzene rings is 1. The number of halogens is 2. The molecule has 0 radical (unpaired) electrons. The van der Waals surface area contributed by atoms with Crippen molar-refractivity contribution in [3.05, 3.63) is 62.3 Å². The van der Waals surface area contributed by atoms with Crippen LogP contribution in [-0.4, -0.2) is 27.5 Å². The first-order valence-electron chi connectivity index (χ1n) is 6.36. The second kappa shape index (κ2) is 5.29. The minimum absolute atomic E-state index is 0.0867. The molecule has 1 amide bonds. The van der Waals surface area contributed by atoms with E-state index in [1.165, 1.54) is 24.3 Å². The maximum absolute atomic E-state index is 13.1. The molecule has 2 aromatic rings. The number of carbonyl (C=O) groups excluding carboxylic acids is 1. The van der Waals surface area contributed by atoms with Gasteiger partial charge in [-0.3, -0.25) is 9.59 Å². The molecule has 0 atom stereocenters. The van der Waals surface area contributed by atoms with Crippen LogP contribution in [0.3, 0.4) is 0 Å². The van der Waals surface area contributed by atoms with Crippen molar-refractivity contribution in [1.82, 2.24) is 15.1 Å². The number of amides is 1. The Morgan fingerprint density at radius 2 is 2.19 bits per heavy atom. The highest BCUT2D eigenvalue weighted by Gasteiger charge is 2.23. The molecule has 1 aromatic carbocycles. The molecule has 1 aliphatic rings. The normalized spacial score (nSPS) is 13.9. The number of hydrogen-bond acceptors (Lipinski definition) is 3. The number of carbonyl (C=O) groups is 1. The van der Waals surface area contributed by atoms with Crippen LogP contribution in [0, 0.1) is 5.82 Å². The molecule has 5 nitrogen and oxygen atoms in total. The predicted molar refractivity (Wildman–Crippen MR) is 74.7 cm³/mol. The topological polar surface area (TPSA) is 66.1 Å². The van der Waals surface area contributed by atoms with Crippen molar-refractivity contribution in [1.29, 1.82) is 0 Å². The highest BCUT2D eigenvalue weighted by atomic mass is 35.5. The Bertz CT molecular complexity index is 775. The summed E-state index contributed by atoms with van der Waals surface area (Å²) in [5.74, 6) is -0.809. The summed E-state index contributed by atoms with van der Waals surface area (Å²) in [5.41, 5.74) is 1.54. The van der Waals surface area contributed by atoms with Crippen molar-refractivity contribution >= 4 is 17.5 Å². The third-order valence-corrected chi connectivity index (χ3v) is 3.70. The van der Waals surface area contributed by atoms with E-state index in [2.05, 4.69) is 10.2 Å². The molecule has 0 spiro atoms. The van der Waals surface area contributed by atoms with E-state index in [-0.39, 0.29) is 16.5 Å². The summed E-state index contributed by atoms with van der Waals surface area (Å²) in [6, 6.07) is 5.32. The van der Waals surface area contributed by atoms with Gasteiger partial charge in [0.05, 0.1) is 10.7 Å². The lowest BCUT2D eigenvalue weighted by molar-refractivity contribution is 0.0733. The van der Waals surface area contributed by atoms with Crippen molar-refractivity contribution < 1.29 is 9.18 Å². The molecule has 1 aliphatic heterocycles. The molecule has 0 saturated heterocycles. The molecule has 108 valence electrons. The Morgan fingerprint density at radius 3 is 2.95 bits per heavy atom. The van der Waals surface area contributed by atoms with Gasteiger partial charge in [0.25, 0.3) is 11.5 Å². The van der Waals surface area contributed by atoms with Crippen LogP contribution in [0.25, 0.3) is 0 Å². The average Bonchev–Trinajstić information content (AvgIpc) is 2.48. The van der Waals surface area contributed by atoms with Crippen LogP contribution >= 0.6 is 11.6 Å². The number of H-pyrrole nitrogens is 1. The van der Waals surface area contributed by atoms with E-state index in [0.29, 0.717) is 25.1 Å². The van der Waals surface area contributed by atoms with Crippen molar-refractivity contribution in [3.63, 3.8) is 0 Å². The van der Waals surface area contributed by atoms with Gasteiger partial charge in [0.2, 0.25) is 0 Å². The van der Waals surface area contributed by atoms with Gasteiger partial charge < -0.3 is 4.90 Å². The lowest BCUT2D eigenvalue weighted by Crippen LogP contribution is -2.37. The largest absolute Gasteiger partial charge is 0.334 e. The van der Waals surface area contributed by atoms with Gasteiger partial charge in [-0.15, -0.1) is 0 Å². The summed E-state index contributed by atoms with van der Waals surface area (Å²) in [7, 11) is 0. The summed E-state index contributed by atoms with van der Waals surface area (Å²) in [6.07, 6.45) is 0.562. The van der Waals surface area contributed by atoms with Gasteiger partial charge in [-0.1, -0.05) is 11.6 Å². The van der Waals surface area contributed by atoms with Gasteiger partial charge in [0.15, 0.2) is 0 Å². The van der Waals surface area contributed by atoms with Gasteiger partial charge in [-0.25, -0.2) is 9.49 Å². The number of nitrogens with zero attached hydrogens (tertiary/aromatic N) is 2. The van der Waals surface area contributed by atoms with Crippen molar-refractivity contribution in [2.75, 3.05) is 6.54 Å². The number of nitrogens with one attached hydrogen (secondary N) is 1. The number of rotatable bonds is 1. The second-order valence-electron chi connectivity index (χ2n) is 4.81. The smallest absolute Gasteiger partial charge is 0.264 e. The van der Waals surface area contributed by atoms with E-state index in [4.69, 9.17) is 11.6 Å². The Hall–Kier alpha value is -2.21. The van der Waals surface area contributed by atoms with E-state index in [1.807, 2.05) is 0 Å². The van der Waals surface area contributed by atoms with Gasteiger partial charge in [-0.2, -0.15) is 5.10 Å². The first-order valence-corrected chi connectivity index (χ1v) is 6.74. The minimum atomic E-state index is -0.562. The minimum Gasteiger partial charge on any atom is -0.334 e. The van der Waals surface area contributed by atoms with Gasteiger partial charge >= 0.3 is 0 Å². The molecule has 2 heterocycles. The number of aromatic amines is 1. The van der Waals surface area contributed by atoms with Crippen LogP contribution in [-0.2, 0) is 13.0 Å². The second-order valence-corrected chi connectivity index (χ2v) is 5.22. The molecule has 21 heavy (non-hydrogen) atoms. The van der Waals surface area contributed by atoms with Crippen LogP contribution in [0.2, 0.25) is 5.02 Å². The zero-order chi connectivity index (χ0) is 15.0. The van der Waals surface area contributed by atoms with Crippen LogP contribution in [0.5, 0.6) is 0 Å². The lowest BCUT2D eigenvalue weighted by atomic mass is 10.1. The maximum Gasteiger partial charge on any atom is 0.264 e. The molecule has 1 aromatic heterocycles. The SMILES string of the molecule is O=C(c1ccc(F)c(Cl)c1)N1CCc2n[nH]c(=O)cc2C1. The van der Waals surface area contributed by atoms with E-state index in [0.717, 1.165) is 11.3 Å². The molecular formula is C14H11ClFN3O2. The van der Waals surface area contributed by atoms with E-state index in [1.54, 1.807) is 4.90 Å². The fraction of sp³-hybridized carbons (Fsp3) is 0.214. The van der Waals surface area contributed by atoms with E-state index >= 15 is 0 Å². The standard InChI is InChI=1S/C14H11ClFN3O2/c15-10-5-8(1-2-11(10)16)14(21)19-4-3-12-9(7-19)6-13(20)18-17-12/h1-2,5-6H,3-4,7H2,(H,18,20). The van der Waals surface area contributed by atoms with Crippen LogP contribution in [0.1, 0.15) is 21.6 Å². The first-order chi connectivity index (χ1) is 10.0. The summed E-state index contributed by atoms with van der Waals surface area (Å²) >= 11 is 5.70. The van der Waals surface area contributed by atoms with Crippen LogP contribution in [0.15, 0.2) is 29.1 Å². The molecule has 3 rings (SSSR count). The third-order valence-electron chi connectivity index (χ3n) is 3.41. The van der Waals surface area contributed by atoms with Crippen molar-refractivity contribution in [2.45, 2.75) is 13.0 Å². The Kier molecular flexibility index (Phi) is 3.47. The van der Waals surface area contributed by atoms with Gasteiger partial charge in [0, 0.05) is 36.7 Å². The Morgan fingerprint density at radius 1 is 1.38 bits per heavy atom. The number of aromatic nitrogens is 2. The van der Waals surface area contributed by atoms with Crippen molar-refractivity contribution in [3.8, 4) is 0 Å². The zero-order valence-corrected chi connectivity index (χ0v) is 11.7. The fourth-order valence-corrected chi connectivity index (χ4v) is 2.51. The monoisotopic (exact) mass is 307 g/mol. The van der Waals surface area contributed by atoms with Gasteiger partial charge in [0.1, 0.15) is 5.82 Å². The number of hydrogen-bond donors (Lipinski definition) is 1. The lowest BCUT2D eigenvalue weighted by Gasteiger charge is -2.27. The quantitative estimate of drug-likeness (QED) is 0.873. The molecule has 0 aliphatic carbocycles. The summed E-state index contributed by atoms with van der Waals surface area (Å²) in [5, 5.41) is 6.26. The van der Waals surface area contributed by atoms with Gasteiger partial charge in [-0.05, 0) is 18.2 Å². The zero-order valence-electron chi connectivity index (χ0n) is 10.9. The van der Waals surface area contributed by atoms with Crippen molar-refractivity contribution in [2.24, 2.45) is 0 Å². The fourth-order valence-electron chi connectivity index (χ4n) is 2.33. The molecule has 7 heteroatoms. The Labute approximate surface area is 124 Å². The average molecular weight is 308 g/mol. The summed E-state index contributed by atoms with van der Waals surface area (Å²) < 4.78 is 13.1. The summed E-state index contributed by atoms with van der Waals surface area (Å²) in [4.78, 5) is 25.3. The highest BCUT2D eigenvalue weighted by molar-refractivity contribution is 6.31. The molecule has 0 fully saturated rings. The predicted octanol–water partition coefficient (Wildman–Crippen LogP) is 1.76. The van der Waals surface area contributed by atoms with Crippen LogP contribution in [0.4, 0.5) is 4.39 Å². The highest BCUT2D eigenvalue weighted by Crippen LogP contribution is 2.20. The maximum atomic E-state index is 13.1. The van der Waals surface area contributed by atoms with E-state index < -0.39 is 5.82 Å². The van der Waals surface area contributed by atoms with E-state index in [9.17, 15) is 14.0 Å². The third kappa shape index (κ3) is 2.67. The molecule has 1 N–H and O–H groups in total. The molecule has 0 unspecified atom stereocenters. The molecular weight excluding hydrogens is 297 g/mol. The molecule has 0 saturated carbocycles. The van der Waals surface area contributed by atoms with Crippen LogP contribution < -0.4 is 5.56 Å². The number of fused-ring (bicyclic) bond motifs is 1.